The second kappa shape index (κ2) is 10.3. The molecular formula is C25H20Cl2N2O3S. The summed E-state index contributed by atoms with van der Waals surface area (Å²) in [6, 6.07) is 16.2. The number of thioether (sulfide) groups is 1. The Bertz CT molecular complexity index is 1230. The van der Waals surface area contributed by atoms with Crippen LogP contribution >= 0.6 is 35.0 Å². The Morgan fingerprint density at radius 3 is 2.52 bits per heavy atom. The Kier molecular flexibility index (Phi) is 7.28. The van der Waals surface area contributed by atoms with Crippen molar-refractivity contribution >= 4 is 57.8 Å². The number of carbonyl (C=O) groups is 1. The van der Waals surface area contributed by atoms with Crippen molar-refractivity contribution in [2.24, 2.45) is 4.99 Å². The van der Waals surface area contributed by atoms with Crippen LogP contribution in [0, 0.1) is 0 Å². The average molecular weight is 499 g/mol. The number of amides is 1. The van der Waals surface area contributed by atoms with Crippen LogP contribution in [0.4, 0.5) is 5.69 Å². The molecule has 4 rings (SSSR count). The van der Waals surface area contributed by atoms with E-state index < -0.39 is 0 Å². The number of benzene rings is 2. The molecule has 0 spiro atoms. The van der Waals surface area contributed by atoms with E-state index in [2.05, 4.69) is 11.6 Å². The summed E-state index contributed by atoms with van der Waals surface area (Å²) in [6.45, 7) is 6.64. The number of nitrogens with zero attached hydrogens (tertiary/aromatic N) is 2. The zero-order chi connectivity index (χ0) is 23.4. The summed E-state index contributed by atoms with van der Waals surface area (Å²) in [4.78, 5) is 19.8. The van der Waals surface area contributed by atoms with Crippen molar-refractivity contribution in [1.29, 1.82) is 0 Å². The lowest BCUT2D eigenvalue weighted by Crippen LogP contribution is -2.29. The van der Waals surface area contributed by atoms with Gasteiger partial charge in [-0.15, -0.1) is 6.58 Å². The van der Waals surface area contributed by atoms with Crippen LogP contribution in [0.25, 0.3) is 17.4 Å². The Hall–Kier alpha value is -2.93. The number of hydrogen-bond donors (Lipinski definition) is 0. The van der Waals surface area contributed by atoms with Crippen LogP contribution in [0.1, 0.15) is 12.7 Å². The van der Waals surface area contributed by atoms with Crippen LogP contribution in [0.15, 0.2) is 81.6 Å². The van der Waals surface area contributed by atoms with Gasteiger partial charge in [-0.05, 0) is 73.3 Å². The van der Waals surface area contributed by atoms with Gasteiger partial charge in [-0.1, -0.05) is 29.3 Å². The summed E-state index contributed by atoms with van der Waals surface area (Å²) in [7, 11) is 0. The van der Waals surface area contributed by atoms with Crippen LogP contribution in [0.3, 0.4) is 0 Å². The van der Waals surface area contributed by atoms with E-state index in [0.29, 0.717) is 44.8 Å². The maximum Gasteiger partial charge on any atom is 0.267 e. The minimum absolute atomic E-state index is 0.159. The third-order valence-electron chi connectivity index (χ3n) is 4.62. The number of carbonyl (C=O) groups excluding carboxylic acids is 1. The molecule has 5 nitrogen and oxygen atoms in total. The molecule has 168 valence electrons. The van der Waals surface area contributed by atoms with Gasteiger partial charge in [-0.2, -0.15) is 0 Å². The first kappa shape index (κ1) is 23.2. The van der Waals surface area contributed by atoms with Gasteiger partial charge in [0.15, 0.2) is 5.17 Å². The van der Waals surface area contributed by atoms with E-state index in [9.17, 15) is 4.79 Å². The van der Waals surface area contributed by atoms with Crippen molar-refractivity contribution < 1.29 is 13.9 Å². The Balaban J connectivity index is 1.60. The monoisotopic (exact) mass is 498 g/mol. The summed E-state index contributed by atoms with van der Waals surface area (Å²) in [6.07, 6.45) is 3.38. The fourth-order valence-corrected chi connectivity index (χ4v) is 4.70. The summed E-state index contributed by atoms with van der Waals surface area (Å²) >= 11 is 13.5. The number of hydrogen-bond acceptors (Lipinski definition) is 5. The van der Waals surface area contributed by atoms with E-state index in [1.165, 1.54) is 11.8 Å². The molecule has 0 unspecified atom stereocenters. The van der Waals surface area contributed by atoms with Crippen LogP contribution < -0.4 is 4.74 Å². The Morgan fingerprint density at radius 1 is 1.12 bits per heavy atom. The Labute approximate surface area is 206 Å². The van der Waals surface area contributed by atoms with Gasteiger partial charge in [0.2, 0.25) is 0 Å². The molecule has 1 amide bonds. The van der Waals surface area contributed by atoms with Gasteiger partial charge in [0.05, 0.1) is 17.2 Å². The minimum Gasteiger partial charge on any atom is -0.494 e. The first-order valence-electron chi connectivity index (χ1n) is 10.2. The van der Waals surface area contributed by atoms with Crippen LogP contribution in [0.5, 0.6) is 5.75 Å². The second-order valence-corrected chi connectivity index (χ2v) is 8.88. The van der Waals surface area contributed by atoms with Gasteiger partial charge in [-0.3, -0.25) is 9.69 Å². The zero-order valence-corrected chi connectivity index (χ0v) is 20.1. The number of aliphatic imine (C=N–C) groups is 1. The molecule has 0 aliphatic carbocycles. The van der Waals surface area contributed by atoms with Gasteiger partial charge < -0.3 is 9.15 Å². The van der Waals surface area contributed by atoms with Crippen molar-refractivity contribution in [1.82, 2.24) is 4.90 Å². The molecule has 0 radical (unpaired) electrons. The fourth-order valence-electron chi connectivity index (χ4n) is 3.19. The van der Waals surface area contributed by atoms with E-state index in [4.69, 9.17) is 32.4 Å². The third-order valence-corrected chi connectivity index (χ3v) is 6.06. The number of halogens is 2. The summed E-state index contributed by atoms with van der Waals surface area (Å²) in [5.41, 5.74) is 1.48. The molecule has 0 bridgehead atoms. The first-order chi connectivity index (χ1) is 16.0. The SMILES string of the molecule is C=CCN1C(=O)C(=Cc2ccc(-c3cc(Cl)cc(Cl)c3)o2)SC1=Nc1ccc(OCC)cc1. The van der Waals surface area contributed by atoms with Crippen molar-refractivity contribution in [3.63, 3.8) is 0 Å². The van der Waals surface area contributed by atoms with E-state index in [0.717, 1.165) is 17.0 Å². The third kappa shape index (κ3) is 5.53. The molecule has 1 saturated heterocycles. The smallest absolute Gasteiger partial charge is 0.267 e. The summed E-state index contributed by atoms with van der Waals surface area (Å²) in [5, 5.41) is 1.61. The van der Waals surface area contributed by atoms with Crippen molar-refractivity contribution in [3.8, 4) is 17.1 Å². The topological polar surface area (TPSA) is 55.0 Å². The van der Waals surface area contributed by atoms with Gasteiger partial charge in [0, 0.05) is 28.2 Å². The lowest BCUT2D eigenvalue weighted by atomic mass is 10.2. The quantitative estimate of drug-likeness (QED) is 0.250. The molecule has 1 aliphatic rings. The van der Waals surface area contributed by atoms with Crippen molar-refractivity contribution in [3.05, 3.63) is 88.0 Å². The molecule has 3 aromatic rings. The van der Waals surface area contributed by atoms with Crippen LogP contribution in [-0.4, -0.2) is 29.1 Å². The largest absolute Gasteiger partial charge is 0.494 e. The van der Waals surface area contributed by atoms with E-state index in [1.54, 1.807) is 41.3 Å². The molecule has 33 heavy (non-hydrogen) atoms. The summed E-state index contributed by atoms with van der Waals surface area (Å²) in [5.74, 6) is 1.76. The molecule has 1 aliphatic heterocycles. The molecule has 0 N–H and O–H groups in total. The molecule has 1 aromatic heterocycles. The molecule has 0 saturated carbocycles. The highest BCUT2D eigenvalue weighted by atomic mass is 35.5. The molecular weight excluding hydrogens is 479 g/mol. The lowest BCUT2D eigenvalue weighted by molar-refractivity contribution is -0.121. The van der Waals surface area contributed by atoms with Gasteiger partial charge >= 0.3 is 0 Å². The van der Waals surface area contributed by atoms with Crippen LogP contribution in [-0.2, 0) is 4.79 Å². The normalized spacial score (nSPS) is 16.1. The fraction of sp³-hybridized carbons (Fsp3) is 0.120. The maximum absolute atomic E-state index is 13.0. The Morgan fingerprint density at radius 2 is 1.85 bits per heavy atom. The zero-order valence-electron chi connectivity index (χ0n) is 17.8. The molecule has 2 heterocycles. The van der Waals surface area contributed by atoms with Crippen molar-refractivity contribution in [2.75, 3.05) is 13.2 Å². The highest BCUT2D eigenvalue weighted by Gasteiger charge is 2.33. The maximum atomic E-state index is 13.0. The van der Waals surface area contributed by atoms with E-state index in [1.807, 2.05) is 37.3 Å². The highest BCUT2D eigenvalue weighted by Crippen LogP contribution is 2.35. The first-order valence-corrected chi connectivity index (χ1v) is 11.7. The average Bonchev–Trinajstić information content (AvgIpc) is 3.36. The molecule has 1 fully saturated rings. The number of ether oxygens (including phenoxy) is 1. The predicted molar refractivity (Wildman–Crippen MR) is 136 cm³/mol. The standard InChI is InChI=1S/C25H20Cl2N2O3S/c1-3-11-29-24(30)23(33-25(29)28-19-5-7-20(8-6-19)31-4-2)15-21-9-10-22(32-21)16-12-17(26)14-18(27)13-16/h3,5-10,12-15H,1,4,11H2,2H3. The number of rotatable bonds is 7. The molecule has 0 atom stereocenters. The predicted octanol–water partition coefficient (Wildman–Crippen LogP) is 7.44. The van der Waals surface area contributed by atoms with Crippen molar-refractivity contribution in [2.45, 2.75) is 6.92 Å². The van der Waals surface area contributed by atoms with Gasteiger partial charge in [-0.25, -0.2) is 4.99 Å². The number of furan rings is 1. The van der Waals surface area contributed by atoms with E-state index >= 15 is 0 Å². The number of amidine groups is 1. The highest BCUT2D eigenvalue weighted by molar-refractivity contribution is 8.18. The summed E-state index contributed by atoms with van der Waals surface area (Å²) < 4.78 is 11.4. The minimum atomic E-state index is -0.159. The van der Waals surface area contributed by atoms with Gasteiger partial charge in [0.25, 0.3) is 5.91 Å². The van der Waals surface area contributed by atoms with E-state index in [-0.39, 0.29) is 5.91 Å². The second-order valence-electron chi connectivity index (χ2n) is 7.00. The molecule has 8 heteroatoms. The van der Waals surface area contributed by atoms with Crippen LogP contribution in [0.2, 0.25) is 10.0 Å². The lowest BCUT2D eigenvalue weighted by Gasteiger charge is -2.12. The van der Waals surface area contributed by atoms with Gasteiger partial charge in [0.1, 0.15) is 17.3 Å². The molecule has 2 aromatic carbocycles.